The number of carbonyl (C=O) groups excluding carboxylic acids is 2. The highest BCUT2D eigenvalue weighted by Gasteiger charge is 2.47. The van der Waals surface area contributed by atoms with Crippen molar-refractivity contribution < 1.29 is 14.7 Å². The number of benzene rings is 2. The van der Waals surface area contributed by atoms with E-state index in [4.69, 9.17) is 0 Å². The molecule has 0 aliphatic carbocycles. The summed E-state index contributed by atoms with van der Waals surface area (Å²) >= 11 is 0. The Kier molecular flexibility index (Phi) is 5.09. The number of hydrogen-bond acceptors (Lipinski definition) is 3. The molecule has 1 heterocycles. The number of likely N-dealkylation sites (N-methyl/N-ethyl adjacent to an activating group) is 1. The van der Waals surface area contributed by atoms with Gasteiger partial charge in [0.05, 0.1) is 18.1 Å². The van der Waals surface area contributed by atoms with E-state index >= 15 is 0 Å². The first kappa shape index (κ1) is 18.1. The maximum atomic E-state index is 12.8. The molecule has 1 aliphatic rings. The van der Waals surface area contributed by atoms with Gasteiger partial charge in [-0.15, -0.1) is 0 Å². The van der Waals surface area contributed by atoms with Gasteiger partial charge < -0.3 is 15.3 Å². The van der Waals surface area contributed by atoms with Gasteiger partial charge in [-0.3, -0.25) is 9.59 Å². The molecule has 3 rings (SSSR count). The van der Waals surface area contributed by atoms with Gasteiger partial charge in [0.1, 0.15) is 0 Å². The van der Waals surface area contributed by atoms with E-state index in [9.17, 15) is 14.7 Å². The second kappa shape index (κ2) is 7.30. The zero-order chi connectivity index (χ0) is 18.7. The Labute approximate surface area is 153 Å². The van der Waals surface area contributed by atoms with E-state index in [-0.39, 0.29) is 30.9 Å². The highest BCUT2D eigenvalue weighted by Crippen LogP contribution is 2.42. The predicted octanol–water partition coefficient (Wildman–Crippen LogP) is 2.03. The van der Waals surface area contributed by atoms with Crippen LogP contribution in [-0.4, -0.2) is 36.6 Å². The summed E-state index contributed by atoms with van der Waals surface area (Å²) in [6.45, 7) is 1.66. The Balaban J connectivity index is 1.72. The lowest BCUT2D eigenvalue weighted by atomic mass is 9.80. The minimum atomic E-state index is -0.887. The monoisotopic (exact) mass is 352 g/mol. The molecule has 2 amide bonds. The molecule has 0 unspecified atom stereocenters. The van der Waals surface area contributed by atoms with Gasteiger partial charge in [-0.05, 0) is 30.5 Å². The molecule has 0 saturated carbocycles. The van der Waals surface area contributed by atoms with Crippen LogP contribution in [0.15, 0.2) is 54.6 Å². The summed E-state index contributed by atoms with van der Waals surface area (Å²) in [7, 11) is 1.73. The lowest BCUT2D eigenvalue weighted by molar-refractivity contribution is -0.129. The van der Waals surface area contributed by atoms with Gasteiger partial charge >= 0.3 is 0 Å². The van der Waals surface area contributed by atoms with Gasteiger partial charge in [0.25, 0.3) is 0 Å². The van der Waals surface area contributed by atoms with Crippen molar-refractivity contribution in [1.29, 1.82) is 0 Å². The highest BCUT2D eigenvalue weighted by atomic mass is 16.3. The van der Waals surface area contributed by atoms with E-state index in [1.54, 1.807) is 11.9 Å². The molecule has 5 nitrogen and oxygen atoms in total. The van der Waals surface area contributed by atoms with Crippen molar-refractivity contribution in [3.63, 3.8) is 0 Å². The van der Waals surface area contributed by atoms with Crippen LogP contribution in [0.5, 0.6) is 0 Å². The molecule has 2 aromatic carbocycles. The molecule has 0 aromatic heterocycles. The van der Waals surface area contributed by atoms with Crippen LogP contribution in [0.3, 0.4) is 0 Å². The highest BCUT2D eigenvalue weighted by molar-refractivity contribution is 6.09. The smallest absolute Gasteiger partial charge is 0.237 e. The molecule has 1 aliphatic heterocycles. The average Bonchev–Trinajstić information content (AvgIpc) is 2.84. The molecule has 0 spiro atoms. The van der Waals surface area contributed by atoms with Gasteiger partial charge in [0.2, 0.25) is 11.8 Å². The number of amides is 2. The van der Waals surface area contributed by atoms with Crippen molar-refractivity contribution in [3.05, 3.63) is 65.7 Å². The van der Waals surface area contributed by atoms with Gasteiger partial charge in [-0.2, -0.15) is 0 Å². The van der Waals surface area contributed by atoms with Crippen LogP contribution in [0.1, 0.15) is 24.5 Å². The number of aliphatic hydroxyl groups excluding tert-OH is 1. The third-order valence-electron chi connectivity index (χ3n) is 5.06. The Morgan fingerprint density at radius 2 is 1.81 bits per heavy atom. The van der Waals surface area contributed by atoms with Gasteiger partial charge in [0, 0.05) is 19.2 Å². The predicted molar refractivity (Wildman–Crippen MR) is 101 cm³/mol. The van der Waals surface area contributed by atoms with Crippen molar-refractivity contribution in [2.45, 2.75) is 31.2 Å². The zero-order valence-electron chi connectivity index (χ0n) is 15.1. The van der Waals surface area contributed by atoms with Crippen molar-refractivity contribution in [3.8, 4) is 0 Å². The summed E-state index contributed by atoms with van der Waals surface area (Å²) in [5.74, 6) is -0.321. The van der Waals surface area contributed by atoms with Crippen LogP contribution in [0, 0.1) is 0 Å². The number of nitrogens with zero attached hydrogens (tertiary/aromatic N) is 1. The molecular weight excluding hydrogens is 328 g/mol. The van der Waals surface area contributed by atoms with Crippen LogP contribution in [0.4, 0.5) is 5.69 Å². The SMILES string of the molecule is CN1C(=O)[C@](C)(CC(=O)N[C@@H](CO)Cc2ccccc2)c2ccccc21. The Hall–Kier alpha value is -2.66. The Bertz CT molecular complexity index is 806. The molecule has 0 radical (unpaired) electrons. The largest absolute Gasteiger partial charge is 0.394 e. The normalized spacial score (nSPS) is 20.0. The number of para-hydroxylation sites is 1. The summed E-state index contributed by atoms with van der Waals surface area (Å²) in [5, 5.41) is 12.5. The van der Waals surface area contributed by atoms with Crippen molar-refractivity contribution in [2.75, 3.05) is 18.6 Å². The molecule has 5 heteroatoms. The van der Waals surface area contributed by atoms with E-state index in [1.165, 1.54) is 0 Å². The first-order chi connectivity index (χ1) is 12.5. The molecule has 0 saturated heterocycles. The molecule has 2 N–H and O–H groups in total. The summed E-state index contributed by atoms with van der Waals surface area (Å²) in [5.41, 5.74) is 1.87. The minimum absolute atomic E-state index is 0.0540. The first-order valence-corrected chi connectivity index (χ1v) is 8.77. The lowest BCUT2D eigenvalue weighted by Gasteiger charge is -2.24. The molecule has 0 fully saturated rings. The third-order valence-corrected chi connectivity index (χ3v) is 5.06. The van der Waals surface area contributed by atoms with Crippen LogP contribution in [0.2, 0.25) is 0 Å². The summed E-state index contributed by atoms with van der Waals surface area (Å²) in [6.07, 6.45) is 0.600. The van der Waals surface area contributed by atoms with Crippen LogP contribution in [0.25, 0.3) is 0 Å². The average molecular weight is 352 g/mol. The number of rotatable bonds is 6. The number of aliphatic hydroxyl groups is 1. The Morgan fingerprint density at radius 1 is 1.15 bits per heavy atom. The van der Waals surface area contributed by atoms with Crippen molar-refractivity contribution in [2.24, 2.45) is 0 Å². The first-order valence-electron chi connectivity index (χ1n) is 8.77. The van der Waals surface area contributed by atoms with E-state index in [0.29, 0.717) is 6.42 Å². The van der Waals surface area contributed by atoms with E-state index in [0.717, 1.165) is 16.8 Å². The lowest BCUT2D eigenvalue weighted by Crippen LogP contribution is -2.44. The van der Waals surface area contributed by atoms with E-state index in [2.05, 4.69) is 5.32 Å². The van der Waals surface area contributed by atoms with Crippen LogP contribution < -0.4 is 10.2 Å². The quantitative estimate of drug-likeness (QED) is 0.836. The molecule has 0 bridgehead atoms. The Morgan fingerprint density at radius 3 is 2.50 bits per heavy atom. The molecule has 2 aromatic rings. The maximum absolute atomic E-state index is 12.8. The van der Waals surface area contributed by atoms with Gasteiger partial charge in [-0.25, -0.2) is 0 Å². The minimum Gasteiger partial charge on any atom is -0.394 e. The topological polar surface area (TPSA) is 69.6 Å². The molecule has 136 valence electrons. The number of carbonyl (C=O) groups is 2. The number of hydrogen-bond donors (Lipinski definition) is 2. The summed E-state index contributed by atoms with van der Waals surface area (Å²) in [4.78, 5) is 27.0. The number of fused-ring (bicyclic) bond motifs is 1. The van der Waals surface area contributed by atoms with Gasteiger partial charge in [0.15, 0.2) is 0 Å². The molecule has 26 heavy (non-hydrogen) atoms. The van der Waals surface area contributed by atoms with Gasteiger partial charge in [-0.1, -0.05) is 48.5 Å². The summed E-state index contributed by atoms with van der Waals surface area (Å²) in [6, 6.07) is 16.9. The standard InChI is InChI=1S/C21H24N2O3/c1-21(17-10-6-7-11-18(17)23(2)20(21)26)13-19(25)22-16(14-24)12-15-8-4-3-5-9-15/h3-11,16,24H,12-14H2,1-2H3,(H,22,25)/t16-,21-/m1/s1. The van der Waals surface area contributed by atoms with Crippen molar-refractivity contribution in [1.82, 2.24) is 5.32 Å². The molecular formula is C21H24N2O3. The van der Waals surface area contributed by atoms with Crippen LogP contribution >= 0.6 is 0 Å². The second-order valence-corrected chi connectivity index (χ2v) is 7.03. The fraction of sp³-hybridized carbons (Fsp3) is 0.333. The number of anilines is 1. The fourth-order valence-electron chi connectivity index (χ4n) is 3.66. The second-order valence-electron chi connectivity index (χ2n) is 7.03. The van der Waals surface area contributed by atoms with E-state index in [1.807, 2.05) is 61.5 Å². The van der Waals surface area contributed by atoms with E-state index < -0.39 is 5.41 Å². The molecule has 2 atom stereocenters. The maximum Gasteiger partial charge on any atom is 0.237 e. The fourth-order valence-corrected chi connectivity index (χ4v) is 3.66. The third kappa shape index (κ3) is 3.35. The van der Waals surface area contributed by atoms with Crippen LogP contribution in [-0.2, 0) is 21.4 Å². The number of nitrogens with one attached hydrogen (secondary N) is 1. The van der Waals surface area contributed by atoms with Crippen molar-refractivity contribution >= 4 is 17.5 Å². The zero-order valence-corrected chi connectivity index (χ0v) is 15.1. The summed E-state index contributed by atoms with van der Waals surface area (Å²) < 4.78 is 0.